The zero-order chi connectivity index (χ0) is 12.1. The molecule has 0 spiro atoms. The van der Waals surface area contributed by atoms with Crippen LogP contribution < -0.4 is 10.6 Å². The van der Waals surface area contributed by atoms with Crippen molar-refractivity contribution in [2.45, 2.75) is 44.6 Å². The summed E-state index contributed by atoms with van der Waals surface area (Å²) in [5.74, 6) is 0.826. The molecule has 2 aliphatic rings. The lowest BCUT2D eigenvalue weighted by atomic mass is 10.0. The molecule has 2 fully saturated rings. The molecule has 1 aliphatic heterocycles. The molecule has 2 N–H and O–H groups in total. The van der Waals surface area contributed by atoms with Gasteiger partial charge in [-0.2, -0.15) is 5.26 Å². The number of hydrogen-bond donors (Lipinski definition) is 2. The summed E-state index contributed by atoms with van der Waals surface area (Å²) in [6, 6.07) is 2.40. The molecular formula is C13H21N3O. The third kappa shape index (κ3) is 3.44. The third-order valence-electron chi connectivity index (χ3n) is 3.97. The second-order valence-corrected chi connectivity index (χ2v) is 5.24. The van der Waals surface area contributed by atoms with Gasteiger partial charge in [0.05, 0.1) is 12.0 Å². The molecule has 3 unspecified atom stereocenters. The van der Waals surface area contributed by atoms with Crippen LogP contribution in [-0.2, 0) is 4.79 Å². The number of nitrogens with zero attached hydrogens (tertiary/aromatic N) is 1. The number of hydrogen-bond acceptors (Lipinski definition) is 3. The number of nitriles is 1. The fourth-order valence-corrected chi connectivity index (χ4v) is 2.86. The molecule has 1 saturated carbocycles. The molecule has 0 aromatic rings. The van der Waals surface area contributed by atoms with Crippen LogP contribution in [0.15, 0.2) is 0 Å². The fraction of sp³-hybridized carbons (Fsp3) is 0.846. The number of rotatable bonds is 4. The van der Waals surface area contributed by atoms with Gasteiger partial charge in [0, 0.05) is 12.5 Å². The van der Waals surface area contributed by atoms with Crippen molar-refractivity contribution in [1.29, 1.82) is 5.26 Å². The monoisotopic (exact) mass is 235 g/mol. The van der Waals surface area contributed by atoms with Crippen molar-refractivity contribution in [3.05, 3.63) is 0 Å². The highest BCUT2D eigenvalue weighted by Crippen LogP contribution is 2.25. The molecule has 3 atom stereocenters. The molecule has 94 valence electrons. The lowest BCUT2D eigenvalue weighted by Gasteiger charge is -2.16. The predicted molar refractivity (Wildman–Crippen MR) is 65.1 cm³/mol. The molecule has 0 aromatic carbocycles. The van der Waals surface area contributed by atoms with Gasteiger partial charge >= 0.3 is 0 Å². The van der Waals surface area contributed by atoms with Crippen LogP contribution in [0.1, 0.15) is 38.5 Å². The summed E-state index contributed by atoms with van der Waals surface area (Å²) in [4.78, 5) is 11.8. The molecule has 17 heavy (non-hydrogen) atoms. The number of nitrogens with one attached hydrogen (secondary N) is 2. The molecule has 0 bridgehead atoms. The van der Waals surface area contributed by atoms with Crippen molar-refractivity contribution in [3.8, 4) is 6.07 Å². The first-order valence-corrected chi connectivity index (χ1v) is 6.69. The Morgan fingerprint density at radius 2 is 2.29 bits per heavy atom. The van der Waals surface area contributed by atoms with Gasteiger partial charge in [0.15, 0.2) is 0 Å². The van der Waals surface area contributed by atoms with Crippen molar-refractivity contribution in [3.63, 3.8) is 0 Å². The van der Waals surface area contributed by atoms with Crippen LogP contribution in [0.5, 0.6) is 0 Å². The quantitative estimate of drug-likeness (QED) is 0.769. The SMILES string of the molecule is N#CC1CCCC1NC(=O)CCC1CCNC1. The first-order chi connectivity index (χ1) is 8.29. The first-order valence-electron chi connectivity index (χ1n) is 6.69. The minimum atomic E-state index is 0.0343. The summed E-state index contributed by atoms with van der Waals surface area (Å²) < 4.78 is 0. The molecular weight excluding hydrogens is 214 g/mol. The highest BCUT2D eigenvalue weighted by atomic mass is 16.1. The topological polar surface area (TPSA) is 64.9 Å². The molecule has 1 amide bonds. The van der Waals surface area contributed by atoms with E-state index in [1.54, 1.807) is 0 Å². The van der Waals surface area contributed by atoms with Crippen molar-refractivity contribution in [2.24, 2.45) is 11.8 Å². The lowest BCUT2D eigenvalue weighted by molar-refractivity contribution is -0.122. The van der Waals surface area contributed by atoms with Gasteiger partial charge in [-0.1, -0.05) is 0 Å². The minimum absolute atomic E-state index is 0.0343. The van der Waals surface area contributed by atoms with Crippen LogP contribution in [0.2, 0.25) is 0 Å². The molecule has 0 radical (unpaired) electrons. The van der Waals surface area contributed by atoms with Gasteiger partial charge in [0.25, 0.3) is 0 Å². The Hall–Kier alpha value is -1.08. The molecule has 2 rings (SSSR count). The predicted octanol–water partition coefficient (Wildman–Crippen LogP) is 1.18. The van der Waals surface area contributed by atoms with Crippen LogP contribution in [0, 0.1) is 23.2 Å². The number of carbonyl (C=O) groups is 1. The van der Waals surface area contributed by atoms with Crippen molar-refractivity contribution in [2.75, 3.05) is 13.1 Å². The average molecular weight is 235 g/mol. The van der Waals surface area contributed by atoms with E-state index in [1.165, 1.54) is 6.42 Å². The molecule has 1 saturated heterocycles. The Balaban J connectivity index is 1.68. The smallest absolute Gasteiger partial charge is 0.220 e. The van der Waals surface area contributed by atoms with Crippen LogP contribution >= 0.6 is 0 Å². The van der Waals surface area contributed by atoms with E-state index >= 15 is 0 Å². The van der Waals surface area contributed by atoms with Gasteiger partial charge in [-0.05, 0) is 51.1 Å². The van der Waals surface area contributed by atoms with E-state index in [1.807, 2.05) is 0 Å². The van der Waals surface area contributed by atoms with Crippen LogP contribution in [-0.4, -0.2) is 25.0 Å². The van der Waals surface area contributed by atoms with Crippen molar-refractivity contribution in [1.82, 2.24) is 10.6 Å². The first kappa shape index (κ1) is 12.4. The van der Waals surface area contributed by atoms with E-state index in [4.69, 9.17) is 5.26 Å². The van der Waals surface area contributed by atoms with E-state index in [2.05, 4.69) is 16.7 Å². The Kier molecular flexibility index (Phi) is 4.38. The zero-order valence-electron chi connectivity index (χ0n) is 10.2. The van der Waals surface area contributed by atoms with Gasteiger partial charge in [0.1, 0.15) is 0 Å². The summed E-state index contributed by atoms with van der Waals surface area (Å²) in [7, 11) is 0. The molecule has 1 heterocycles. The fourth-order valence-electron chi connectivity index (χ4n) is 2.86. The highest BCUT2D eigenvalue weighted by Gasteiger charge is 2.28. The second kappa shape index (κ2) is 6.02. The normalized spacial score (nSPS) is 32.3. The summed E-state index contributed by atoms with van der Waals surface area (Å²) in [6.45, 7) is 2.14. The van der Waals surface area contributed by atoms with Gasteiger partial charge < -0.3 is 10.6 Å². The average Bonchev–Trinajstić information content (AvgIpc) is 2.97. The maximum absolute atomic E-state index is 11.8. The maximum atomic E-state index is 11.8. The van der Waals surface area contributed by atoms with Crippen LogP contribution in [0.25, 0.3) is 0 Å². The minimum Gasteiger partial charge on any atom is -0.352 e. The van der Waals surface area contributed by atoms with Crippen LogP contribution in [0.3, 0.4) is 0 Å². The third-order valence-corrected chi connectivity index (χ3v) is 3.97. The Bertz CT molecular complexity index is 304. The van der Waals surface area contributed by atoms with E-state index in [0.29, 0.717) is 12.3 Å². The highest BCUT2D eigenvalue weighted by molar-refractivity contribution is 5.76. The van der Waals surface area contributed by atoms with E-state index in [-0.39, 0.29) is 17.9 Å². The lowest BCUT2D eigenvalue weighted by Crippen LogP contribution is -2.37. The van der Waals surface area contributed by atoms with E-state index in [9.17, 15) is 4.79 Å². The van der Waals surface area contributed by atoms with Gasteiger partial charge in [0.2, 0.25) is 5.91 Å². The maximum Gasteiger partial charge on any atom is 0.220 e. The molecule has 4 nitrogen and oxygen atoms in total. The second-order valence-electron chi connectivity index (χ2n) is 5.24. The molecule has 0 aromatic heterocycles. The summed E-state index contributed by atoms with van der Waals surface area (Å²) in [5.41, 5.74) is 0. The van der Waals surface area contributed by atoms with Gasteiger partial charge in [-0.25, -0.2) is 0 Å². The number of carbonyl (C=O) groups excluding carboxylic acids is 1. The van der Waals surface area contributed by atoms with Gasteiger partial charge in [-0.15, -0.1) is 0 Å². The number of amides is 1. The Labute approximate surface area is 103 Å². The van der Waals surface area contributed by atoms with Crippen molar-refractivity contribution >= 4 is 5.91 Å². The largest absolute Gasteiger partial charge is 0.352 e. The van der Waals surface area contributed by atoms with Crippen LogP contribution in [0.4, 0.5) is 0 Å². The Morgan fingerprint density at radius 1 is 1.41 bits per heavy atom. The zero-order valence-corrected chi connectivity index (χ0v) is 10.2. The van der Waals surface area contributed by atoms with Crippen molar-refractivity contribution < 1.29 is 4.79 Å². The standard InChI is InChI=1S/C13H21N3O/c14-8-11-2-1-3-12(11)16-13(17)5-4-10-6-7-15-9-10/h10-12,15H,1-7,9H2,(H,16,17). The summed E-state index contributed by atoms with van der Waals surface area (Å²) >= 11 is 0. The molecule has 4 heteroatoms. The van der Waals surface area contributed by atoms with E-state index in [0.717, 1.165) is 38.8 Å². The summed E-state index contributed by atoms with van der Waals surface area (Å²) in [5, 5.41) is 15.3. The van der Waals surface area contributed by atoms with Gasteiger partial charge in [-0.3, -0.25) is 4.79 Å². The Morgan fingerprint density at radius 3 is 3.00 bits per heavy atom. The van der Waals surface area contributed by atoms with E-state index < -0.39 is 0 Å². The summed E-state index contributed by atoms with van der Waals surface area (Å²) in [6.07, 6.45) is 5.75. The molecule has 1 aliphatic carbocycles.